The Kier molecular flexibility index (Phi) is 10.8. The van der Waals surface area contributed by atoms with Crippen molar-refractivity contribution in [3.8, 4) is 5.75 Å². The number of benzene rings is 2. The summed E-state index contributed by atoms with van der Waals surface area (Å²) in [6, 6.07) is 8.99. The summed E-state index contributed by atoms with van der Waals surface area (Å²) in [6.07, 6.45) is -0.0465. The van der Waals surface area contributed by atoms with Crippen molar-refractivity contribution < 1.29 is 39.0 Å². The summed E-state index contributed by atoms with van der Waals surface area (Å²) in [7, 11) is 0. The van der Waals surface area contributed by atoms with Gasteiger partial charge in [0.05, 0.1) is 12.5 Å². The second kappa shape index (κ2) is 14.2. The Balaban J connectivity index is 1.87. The van der Waals surface area contributed by atoms with Crippen molar-refractivity contribution in [2.75, 3.05) is 0 Å². The number of aromatic hydroxyl groups is 1. The molecule has 12 nitrogen and oxygen atoms in total. The molecule has 0 bridgehead atoms. The van der Waals surface area contributed by atoms with Gasteiger partial charge in [0.1, 0.15) is 30.2 Å². The number of aliphatic carboxylic acids is 1. The molecule has 0 spiro atoms. The molecular weight excluding hydrogens is 544 g/mol. The SMILES string of the molecule is CC(=O)N[C@@H](Cc1ccc(O)cc1)C(=O)N[C@H](C(=O)N1Cc2ccccc2C[C@H]1C(=O)N[C@H](C=O)CC(=O)O)C(C)C. The second-order valence-corrected chi connectivity index (χ2v) is 10.7. The van der Waals surface area contributed by atoms with Crippen molar-refractivity contribution in [3.05, 3.63) is 65.2 Å². The first-order valence-corrected chi connectivity index (χ1v) is 13.6. The van der Waals surface area contributed by atoms with Gasteiger partial charge in [-0.2, -0.15) is 0 Å². The number of aldehydes is 1. The van der Waals surface area contributed by atoms with Crippen molar-refractivity contribution in [2.24, 2.45) is 5.92 Å². The van der Waals surface area contributed by atoms with Crippen molar-refractivity contribution in [3.63, 3.8) is 0 Å². The van der Waals surface area contributed by atoms with Crippen molar-refractivity contribution >= 4 is 35.9 Å². The fourth-order valence-corrected chi connectivity index (χ4v) is 4.86. The Hall–Kier alpha value is -4.74. The maximum absolute atomic E-state index is 14.0. The number of fused-ring (bicyclic) bond motifs is 1. The summed E-state index contributed by atoms with van der Waals surface area (Å²) in [5.41, 5.74) is 2.31. The lowest BCUT2D eigenvalue weighted by atomic mass is 9.91. The van der Waals surface area contributed by atoms with Crippen molar-refractivity contribution in [2.45, 2.75) is 70.7 Å². The Labute approximate surface area is 243 Å². The summed E-state index contributed by atoms with van der Waals surface area (Å²) in [5.74, 6) is -3.91. The lowest BCUT2D eigenvalue weighted by Crippen LogP contribution is -2.61. The molecule has 0 saturated heterocycles. The summed E-state index contributed by atoms with van der Waals surface area (Å²) in [5, 5.41) is 26.4. The molecular formula is C30H36N4O8. The minimum Gasteiger partial charge on any atom is -0.508 e. The van der Waals surface area contributed by atoms with E-state index in [2.05, 4.69) is 16.0 Å². The molecule has 0 aliphatic carbocycles. The van der Waals surface area contributed by atoms with E-state index in [-0.39, 0.29) is 25.1 Å². The van der Waals surface area contributed by atoms with E-state index in [0.29, 0.717) is 11.8 Å². The average molecular weight is 581 g/mol. The van der Waals surface area contributed by atoms with Gasteiger partial charge in [0.15, 0.2) is 0 Å². The number of carbonyl (C=O) groups is 6. The molecule has 1 heterocycles. The molecule has 1 aliphatic heterocycles. The van der Waals surface area contributed by atoms with E-state index in [9.17, 15) is 33.9 Å². The number of phenols is 1. The third-order valence-electron chi connectivity index (χ3n) is 7.02. The molecule has 0 aromatic heterocycles. The highest BCUT2D eigenvalue weighted by Crippen LogP contribution is 2.25. The number of phenolic OH excluding ortho intramolecular Hbond substituents is 1. The van der Waals surface area contributed by atoms with Gasteiger partial charge >= 0.3 is 5.97 Å². The summed E-state index contributed by atoms with van der Waals surface area (Å²) in [6.45, 7) is 4.80. The van der Waals surface area contributed by atoms with E-state index >= 15 is 0 Å². The normalized spacial score (nSPS) is 16.4. The number of rotatable bonds is 12. The molecule has 5 N–H and O–H groups in total. The van der Waals surface area contributed by atoms with Crippen molar-refractivity contribution in [1.29, 1.82) is 0 Å². The van der Waals surface area contributed by atoms with E-state index in [1.807, 2.05) is 12.1 Å². The number of amides is 4. The van der Waals surface area contributed by atoms with Crippen LogP contribution in [0.4, 0.5) is 0 Å². The van der Waals surface area contributed by atoms with Crippen LogP contribution >= 0.6 is 0 Å². The smallest absolute Gasteiger partial charge is 0.305 e. The molecule has 3 rings (SSSR count). The number of carbonyl (C=O) groups excluding carboxylic acids is 5. The maximum atomic E-state index is 14.0. The molecule has 2 aromatic carbocycles. The molecule has 0 unspecified atom stereocenters. The van der Waals surface area contributed by atoms with Crippen LogP contribution in [0.25, 0.3) is 0 Å². The van der Waals surface area contributed by atoms with Crippen LogP contribution in [-0.2, 0) is 48.2 Å². The molecule has 4 amide bonds. The van der Waals surface area contributed by atoms with E-state index in [0.717, 1.165) is 11.1 Å². The standard InChI is InChI=1S/C30H36N4O8/c1-17(2)27(33-28(40)24(31-18(3)36)12-19-8-10-23(37)11-9-19)30(42)34-15-21-7-5-4-6-20(21)13-25(34)29(41)32-22(16-35)14-26(38)39/h4-11,16-17,22,24-25,27,37H,12-15H2,1-3H3,(H,31,36)(H,32,41)(H,33,40)(H,38,39)/t22-,24-,25-,27-/m0/s1. The molecule has 0 radical (unpaired) electrons. The van der Waals surface area contributed by atoms with Gasteiger partial charge in [0, 0.05) is 26.3 Å². The van der Waals surface area contributed by atoms with Crippen LogP contribution in [0, 0.1) is 5.92 Å². The molecule has 224 valence electrons. The third kappa shape index (κ3) is 8.38. The Bertz CT molecular complexity index is 1330. The van der Waals surface area contributed by atoms with Crippen LogP contribution in [0.5, 0.6) is 5.75 Å². The van der Waals surface area contributed by atoms with Gasteiger partial charge in [-0.05, 0) is 34.7 Å². The van der Waals surface area contributed by atoms with Crippen molar-refractivity contribution in [1.82, 2.24) is 20.9 Å². The first-order chi connectivity index (χ1) is 19.9. The molecule has 12 heteroatoms. The average Bonchev–Trinajstić information content (AvgIpc) is 2.94. The molecule has 0 saturated carbocycles. The zero-order valence-corrected chi connectivity index (χ0v) is 23.7. The summed E-state index contributed by atoms with van der Waals surface area (Å²) < 4.78 is 0. The molecule has 2 aromatic rings. The quantitative estimate of drug-likeness (QED) is 0.227. The number of carboxylic acid groups (broad SMARTS) is 1. The highest BCUT2D eigenvalue weighted by atomic mass is 16.4. The number of nitrogens with one attached hydrogen (secondary N) is 3. The fraction of sp³-hybridized carbons (Fsp3) is 0.400. The number of nitrogens with zero attached hydrogens (tertiary/aromatic N) is 1. The Morgan fingerprint density at radius 2 is 1.62 bits per heavy atom. The maximum Gasteiger partial charge on any atom is 0.305 e. The minimum absolute atomic E-state index is 0.0499. The monoisotopic (exact) mass is 580 g/mol. The lowest BCUT2D eigenvalue weighted by molar-refractivity contribution is -0.146. The minimum atomic E-state index is -1.27. The first kappa shape index (κ1) is 31.8. The van der Waals surface area contributed by atoms with Crippen LogP contribution in [-0.4, -0.2) is 75.2 Å². The Morgan fingerprint density at radius 1 is 0.976 bits per heavy atom. The zero-order valence-electron chi connectivity index (χ0n) is 23.7. The molecule has 0 fully saturated rings. The number of carboxylic acids is 1. The van der Waals surface area contributed by atoms with Gasteiger partial charge in [-0.1, -0.05) is 50.2 Å². The van der Waals surface area contributed by atoms with E-state index in [1.165, 1.54) is 24.0 Å². The van der Waals surface area contributed by atoms with E-state index in [4.69, 9.17) is 5.11 Å². The van der Waals surface area contributed by atoms with Gasteiger partial charge < -0.3 is 35.9 Å². The predicted octanol–water partition coefficient (Wildman–Crippen LogP) is 0.692. The zero-order chi connectivity index (χ0) is 31.0. The number of hydrogen-bond acceptors (Lipinski definition) is 7. The third-order valence-corrected chi connectivity index (χ3v) is 7.02. The Morgan fingerprint density at radius 3 is 2.19 bits per heavy atom. The van der Waals surface area contributed by atoms with Gasteiger partial charge in [0.2, 0.25) is 23.6 Å². The van der Waals surface area contributed by atoms with Crippen LogP contribution in [0.1, 0.15) is 43.9 Å². The van der Waals surface area contributed by atoms with Gasteiger partial charge in [-0.25, -0.2) is 0 Å². The highest BCUT2D eigenvalue weighted by molar-refractivity contribution is 5.95. The van der Waals surface area contributed by atoms with E-state index in [1.54, 1.807) is 38.1 Å². The summed E-state index contributed by atoms with van der Waals surface area (Å²) in [4.78, 5) is 76.6. The van der Waals surface area contributed by atoms with E-state index < -0.39 is 66.1 Å². The highest BCUT2D eigenvalue weighted by Gasteiger charge is 2.40. The summed E-state index contributed by atoms with van der Waals surface area (Å²) >= 11 is 0. The number of hydrogen-bond donors (Lipinski definition) is 5. The second-order valence-electron chi connectivity index (χ2n) is 10.7. The lowest BCUT2D eigenvalue weighted by Gasteiger charge is -2.39. The molecule has 42 heavy (non-hydrogen) atoms. The van der Waals surface area contributed by atoms with Crippen LogP contribution < -0.4 is 16.0 Å². The topological polar surface area (TPSA) is 182 Å². The predicted molar refractivity (Wildman–Crippen MR) is 151 cm³/mol. The fourth-order valence-electron chi connectivity index (χ4n) is 4.86. The molecule has 1 aliphatic rings. The van der Waals surface area contributed by atoms with Gasteiger partial charge in [-0.3, -0.25) is 24.0 Å². The first-order valence-electron chi connectivity index (χ1n) is 13.6. The van der Waals surface area contributed by atoms with Crippen LogP contribution in [0.2, 0.25) is 0 Å². The van der Waals surface area contributed by atoms with Crippen LogP contribution in [0.15, 0.2) is 48.5 Å². The van der Waals surface area contributed by atoms with Gasteiger partial charge in [0.25, 0.3) is 0 Å². The van der Waals surface area contributed by atoms with Crippen LogP contribution in [0.3, 0.4) is 0 Å². The van der Waals surface area contributed by atoms with Gasteiger partial charge in [-0.15, -0.1) is 0 Å². The largest absolute Gasteiger partial charge is 0.508 e. The molecule has 4 atom stereocenters.